The summed E-state index contributed by atoms with van der Waals surface area (Å²) in [4.78, 5) is 31.6. The van der Waals surface area contributed by atoms with E-state index in [4.69, 9.17) is 4.74 Å². The van der Waals surface area contributed by atoms with Crippen LogP contribution in [0, 0.1) is 12.7 Å². The lowest BCUT2D eigenvalue weighted by Crippen LogP contribution is -2.35. The lowest BCUT2D eigenvalue weighted by atomic mass is 10.2. The van der Waals surface area contributed by atoms with Gasteiger partial charge in [-0.05, 0) is 31.5 Å². The van der Waals surface area contributed by atoms with Crippen LogP contribution in [-0.4, -0.2) is 27.9 Å². The summed E-state index contributed by atoms with van der Waals surface area (Å²) in [5.74, 6) is -1.52. The van der Waals surface area contributed by atoms with Gasteiger partial charge in [-0.2, -0.15) is 0 Å². The van der Waals surface area contributed by atoms with E-state index >= 15 is 0 Å². The number of nitrogens with zero attached hydrogens (tertiary/aromatic N) is 2. The Morgan fingerprint density at radius 1 is 1.22 bits per heavy atom. The Kier molecular flexibility index (Phi) is 5.35. The topological polar surface area (TPSA) is 81.2 Å². The van der Waals surface area contributed by atoms with E-state index in [0.717, 1.165) is 5.56 Å². The first-order chi connectivity index (χ1) is 11.0. The third-order valence-electron chi connectivity index (χ3n) is 3.02. The first kappa shape index (κ1) is 16.5. The zero-order valence-corrected chi connectivity index (χ0v) is 12.7. The van der Waals surface area contributed by atoms with Crippen molar-refractivity contribution in [2.45, 2.75) is 26.5 Å². The fourth-order valence-electron chi connectivity index (χ4n) is 1.71. The minimum atomic E-state index is -0.981. The predicted octanol–water partition coefficient (Wildman–Crippen LogP) is 1.79. The number of carbonyl (C=O) groups is 2. The summed E-state index contributed by atoms with van der Waals surface area (Å²) in [6, 6.07) is 5.74. The summed E-state index contributed by atoms with van der Waals surface area (Å²) in [5, 5.41) is 2.61. The van der Waals surface area contributed by atoms with Crippen LogP contribution in [0.5, 0.6) is 0 Å². The molecule has 0 aliphatic carbocycles. The van der Waals surface area contributed by atoms with Crippen LogP contribution in [0.1, 0.15) is 28.7 Å². The molecular formula is C16H16FN3O3. The van der Waals surface area contributed by atoms with Crippen LogP contribution in [-0.2, 0) is 16.1 Å². The molecule has 2 rings (SSSR count). The lowest BCUT2D eigenvalue weighted by Gasteiger charge is -2.13. The second-order valence-electron chi connectivity index (χ2n) is 4.93. The van der Waals surface area contributed by atoms with Gasteiger partial charge in [0.05, 0.1) is 11.9 Å². The van der Waals surface area contributed by atoms with Crippen LogP contribution in [0.25, 0.3) is 0 Å². The van der Waals surface area contributed by atoms with E-state index in [1.54, 1.807) is 19.1 Å². The number of rotatable bonds is 5. The minimum absolute atomic E-state index is 0.0359. The van der Waals surface area contributed by atoms with E-state index in [2.05, 4.69) is 15.3 Å². The lowest BCUT2D eigenvalue weighted by molar-refractivity contribution is -0.129. The summed E-state index contributed by atoms with van der Waals surface area (Å²) in [7, 11) is 0. The molecule has 2 aromatic rings. The maximum Gasteiger partial charge on any atom is 0.359 e. The molecule has 0 fully saturated rings. The summed E-state index contributed by atoms with van der Waals surface area (Å²) >= 11 is 0. The molecule has 1 atom stereocenters. The standard InChI is InChI=1S/C16H16FN3O3/c1-10-7-19-14(9-18-10)16(22)23-11(2)15(21)20-8-12-3-5-13(17)6-4-12/h3-7,9,11H,8H2,1-2H3,(H,20,21). The number of nitrogens with one attached hydrogen (secondary N) is 1. The van der Waals surface area contributed by atoms with Gasteiger partial charge in [0, 0.05) is 12.7 Å². The molecule has 0 aliphatic heterocycles. The molecule has 7 heteroatoms. The molecule has 1 amide bonds. The van der Waals surface area contributed by atoms with Crippen molar-refractivity contribution in [3.63, 3.8) is 0 Å². The molecule has 0 bridgehead atoms. The molecular weight excluding hydrogens is 301 g/mol. The monoisotopic (exact) mass is 317 g/mol. The largest absolute Gasteiger partial charge is 0.448 e. The third-order valence-corrected chi connectivity index (χ3v) is 3.02. The summed E-state index contributed by atoms with van der Waals surface area (Å²) in [6.45, 7) is 3.42. The maximum atomic E-state index is 12.8. The highest BCUT2D eigenvalue weighted by atomic mass is 19.1. The van der Waals surface area contributed by atoms with Crippen LogP contribution in [0.4, 0.5) is 4.39 Å². The van der Waals surface area contributed by atoms with Gasteiger partial charge < -0.3 is 10.1 Å². The fourth-order valence-corrected chi connectivity index (χ4v) is 1.71. The Balaban J connectivity index is 1.85. The van der Waals surface area contributed by atoms with Crippen molar-refractivity contribution in [3.05, 3.63) is 59.4 Å². The van der Waals surface area contributed by atoms with E-state index in [1.807, 2.05) is 0 Å². The van der Waals surface area contributed by atoms with Gasteiger partial charge in [-0.15, -0.1) is 0 Å². The smallest absolute Gasteiger partial charge is 0.359 e. The number of aromatic nitrogens is 2. The van der Waals surface area contributed by atoms with Gasteiger partial charge in [0.15, 0.2) is 11.8 Å². The van der Waals surface area contributed by atoms with Crippen LogP contribution in [0.3, 0.4) is 0 Å². The SMILES string of the molecule is Cc1cnc(C(=O)OC(C)C(=O)NCc2ccc(F)cc2)cn1. The minimum Gasteiger partial charge on any atom is -0.448 e. The zero-order valence-electron chi connectivity index (χ0n) is 12.7. The van der Waals surface area contributed by atoms with Gasteiger partial charge in [-0.3, -0.25) is 9.78 Å². The van der Waals surface area contributed by atoms with Gasteiger partial charge in [0.1, 0.15) is 5.82 Å². The van der Waals surface area contributed by atoms with Crippen molar-refractivity contribution in [2.75, 3.05) is 0 Å². The number of hydrogen-bond donors (Lipinski definition) is 1. The molecule has 120 valence electrons. The second-order valence-corrected chi connectivity index (χ2v) is 4.93. The van der Waals surface area contributed by atoms with E-state index < -0.39 is 18.0 Å². The van der Waals surface area contributed by atoms with Crippen molar-refractivity contribution >= 4 is 11.9 Å². The van der Waals surface area contributed by atoms with Crippen molar-refractivity contribution in [3.8, 4) is 0 Å². The summed E-state index contributed by atoms with van der Waals surface area (Å²) in [5.41, 5.74) is 1.45. The molecule has 0 saturated carbocycles. The predicted molar refractivity (Wildman–Crippen MR) is 79.9 cm³/mol. The quantitative estimate of drug-likeness (QED) is 0.850. The number of ether oxygens (including phenoxy) is 1. The molecule has 23 heavy (non-hydrogen) atoms. The van der Waals surface area contributed by atoms with Crippen molar-refractivity contribution in [1.82, 2.24) is 15.3 Å². The molecule has 1 unspecified atom stereocenters. The average Bonchev–Trinajstić information content (AvgIpc) is 2.54. The van der Waals surface area contributed by atoms with Crippen LogP contribution >= 0.6 is 0 Å². The molecule has 6 nitrogen and oxygen atoms in total. The first-order valence-electron chi connectivity index (χ1n) is 6.97. The van der Waals surface area contributed by atoms with Crippen LogP contribution in [0.2, 0.25) is 0 Å². The molecule has 1 N–H and O–H groups in total. The number of benzene rings is 1. The maximum absolute atomic E-state index is 12.8. The number of esters is 1. The number of aryl methyl sites for hydroxylation is 1. The van der Waals surface area contributed by atoms with Crippen molar-refractivity contribution in [1.29, 1.82) is 0 Å². The van der Waals surface area contributed by atoms with Gasteiger partial charge in [-0.25, -0.2) is 14.2 Å². The van der Waals surface area contributed by atoms with Gasteiger partial charge in [0.2, 0.25) is 0 Å². The average molecular weight is 317 g/mol. The van der Waals surface area contributed by atoms with E-state index in [9.17, 15) is 14.0 Å². The third kappa shape index (κ3) is 4.84. The Morgan fingerprint density at radius 3 is 2.52 bits per heavy atom. The van der Waals surface area contributed by atoms with E-state index in [-0.39, 0.29) is 18.1 Å². The first-order valence-corrected chi connectivity index (χ1v) is 6.97. The second kappa shape index (κ2) is 7.44. The Bertz CT molecular complexity index is 687. The molecule has 1 heterocycles. The van der Waals surface area contributed by atoms with Crippen LogP contribution < -0.4 is 5.32 Å². The Hall–Kier alpha value is -2.83. The molecule has 0 aliphatic rings. The molecule has 0 saturated heterocycles. The van der Waals surface area contributed by atoms with Crippen molar-refractivity contribution < 1.29 is 18.7 Å². The zero-order chi connectivity index (χ0) is 16.8. The van der Waals surface area contributed by atoms with Gasteiger partial charge in [-0.1, -0.05) is 12.1 Å². The Labute approximate surface area is 132 Å². The summed E-state index contributed by atoms with van der Waals surface area (Å²) in [6.07, 6.45) is 1.75. The highest BCUT2D eigenvalue weighted by Crippen LogP contribution is 2.04. The van der Waals surface area contributed by atoms with E-state index in [1.165, 1.54) is 31.5 Å². The Morgan fingerprint density at radius 2 is 1.91 bits per heavy atom. The molecule has 1 aromatic carbocycles. The number of halogens is 1. The number of carbonyl (C=O) groups excluding carboxylic acids is 2. The molecule has 0 radical (unpaired) electrons. The highest BCUT2D eigenvalue weighted by molar-refractivity contribution is 5.90. The highest BCUT2D eigenvalue weighted by Gasteiger charge is 2.19. The fraction of sp³-hybridized carbons (Fsp3) is 0.250. The molecule has 0 spiro atoms. The van der Waals surface area contributed by atoms with Gasteiger partial charge >= 0.3 is 5.97 Å². The number of amides is 1. The normalized spacial score (nSPS) is 11.6. The van der Waals surface area contributed by atoms with Crippen LogP contribution in [0.15, 0.2) is 36.7 Å². The molecule has 1 aromatic heterocycles. The van der Waals surface area contributed by atoms with E-state index in [0.29, 0.717) is 5.69 Å². The van der Waals surface area contributed by atoms with Crippen molar-refractivity contribution in [2.24, 2.45) is 0 Å². The summed E-state index contributed by atoms with van der Waals surface area (Å²) < 4.78 is 17.8. The van der Waals surface area contributed by atoms with Gasteiger partial charge in [0.25, 0.3) is 5.91 Å². The number of hydrogen-bond acceptors (Lipinski definition) is 5.